The molecule has 96 valence electrons. The maximum Gasteiger partial charge on any atom is 0.134 e. The van der Waals surface area contributed by atoms with Crippen molar-refractivity contribution in [1.82, 2.24) is 0 Å². The first-order valence-corrected chi connectivity index (χ1v) is 6.84. The number of nitrogens with zero attached hydrogens (tertiary/aromatic N) is 1. The van der Waals surface area contributed by atoms with Crippen molar-refractivity contribution < 1.29 is 9.13 Å². The van der Waals surface area contributed by atoms with E-state index in [1.54, 1.807) is 24.3 Å². The SMILES string of the molecule is N#CCc1ccc(Oc2cccc(F)c2CBr)cc1. The van der Waals surface area contributed by atoms with Crippen molar-refractivity contribution in [3.63, 3.8) is 0 Å². The third-order valence-corrected chi connectivity index (χ3v) is 3.20. The topological polar surface area (TPSA) is 33.0 Å². The quantitative estimate of drug-likeness (QED) is 0.773. The summed E-state index contributed by atoms with van der Waals surface area (Å²) in [6.45, 7) is 0. The summed E-state index contributed by atoms with van der Waals surface area (Å²) in [6, 6.07) is 14.0. The van der Waals surface area contributed by atoms with Crippen molar-refractivity contribution in [3.8, 4) is 17.6 Å². The van der Waals surface area contributed by atoms with Crippen molar-refractivity contribution in [2.75, 3.05) is 0 Å². The Kier molecular flexibility index (Phi) is 4.53. The third kappa shape index (κ3) is 3.33. The van der Waals surface area contributed by atoms with E-state index >= 15 is 0 Å². The van der Waals surface area contributed by atoms with E-state index in [4.69, 9.17) is 10.00 Å². The van der Waals surface area contributed by atoms with Crippen molar-refractivity contribution in [1.29, 1.82) is 5.26 Å². The predicted octanol–water partition coefficient (Wildman–Crippen LogP) is 4.58. The van der Waals surface area contributed by atoms with E-state index in [1.165, 1.54) is 6.07 Å². The Morgan fingerprint density at radius 2 is 1.89 bits per heavy atom. The van der Waals surface area contributed by atoms with Gasteiger partial charge in [0, 0.05) is 10.9 Å². The molecule has 0 radical (unpaired) electrons. The molecule has 2 aromatic carbocycles. The molecule has 0 spiro atoms. The second-order valence-corrected chi connectivity index (χ2v) is 4.49. The van der Waals surface area contributed by atoms with Crippen LogP contribution in [0.25, 0.3) is 0 Å². The monoisotopic (exact) mass is 319 g/mol. The first-order chi connectivity index (χ1) is 9.24. The van der Waals surface area contributed by atoms with Gasteiger partial charge in [0.05, 0.1) is 12.5 Å². The standard InChI is InChI=1S/C15H11BrFNO/c16-10-13-14(17)2-1-3-15(13)19-12-6-4-11(5-7-12)8-9-18/h1-7H,8,10H2. The molecule has 0 aliphatic heterocycles. The van der Waals surface area contributed by atoms with Crippen molar-refractivity contribution in [2.45, 2.75) is 11.8 Å². The van der Waals surface area contributed by atoms with Gasteiger partial charge in [0.25, 0.3) is 0 Å². The fraction of sp³-hybridized carbons (Fsp3) is 0.133. The lowest BCUT2D eigenvalue weighted by molar-refractivity contribution is 0.470. The molecule has 2 nitrogen and oxygen atoms in total. The van der Waals surface area contributed by atoms with E-state index in [9.17, 15) is 4.39 Å². The Morgan fingerprint density at radius 1 is 1.16 bits per heavy atom. The number of ether oxygens (including phenoxy) is 1. The average Bonchev–Trinajstić information content (AvgIpc) is 2.42. The average molecular weight is 320 g/mol. The van der Waals surface area contributed by atoms with E-state index in [1.807, 2.05) is 12.1 Å². The molecule has 19 heavy (non-hydrogen) atoms. The second kappa shape index (κ2) is 6.35. The number of rotatable bonds is 4. The summed E-state index contributed by atoms with van der Waals surface area (Å²) in [7, 11) is 0. The fourth-order valence-corrected chi connectivity index (χ4v) is 2.20. The molecule has 2 rings (SSSR count). The lowest BCUT2D eigenvalue weighted by atomic mass is 10.1. The number of alkyl halides is 1. The highest BCUT2D eigenvalue weighted by Gasteiger charge is 2.09. The number of hydrogen-bond donors (Lipinski definition) is 0. The zero-order valence-corrected chi connectivity index (χ0v) is 11.7. The van der Waals surface area contributed by atoms with Crippen LogP contribution in [-0.2, 0) is 11.8 Å². The van der Waals surface area contributed by atoms with Crippen LogP contribution in [0.3, 0.4) is 0 Å². The molecule has 0 aliphatic carbocycles. The van der Waals surface area contributed by atoms with E-state index in [-0.39, 0.29) is 5.82 Å². The van der Waals surface area contributed by atoms with Crippen LogP contribution in [0.15, 0.2) is 42.5 Å². The van der Waals surface area contributed by atoms with Crippen molar-refractivity contribution >= 4 is 15.9 Å². The van der Waals surface area contributed by atoms with Gasteiger partial charge in [-0.25, -0.2) is 4.39 Å². The predicted molar refractivity (Wildman–Crippen MR) is 74.9 cm³/mol. The Balaban J connectivity index is 2.22. The van der Waals surface area contributed by atoms with Crippen LogP contribution in [0, 0.1) is 17.1 Å². The molecule has 0 fully saturated rings. The molecule has 0 heterocycles. The Hall–Kier alpha value is -1.86. The van der Waals surface area contributed by atoms with Crippen LogP contribution in [0.4, 0.5) is 4.39 Å². The molecule has 0 atom stereocenters. The van der Waals surface area contributed by atoms with E-state index in [0.29, 0.717) is 28.8 Å². The smallest absolute Gasteiger partial charge is 0.134 e. The third-order valence-electron chi connectivity index (χ3n) is 2.64. The summed E-state index contributed by atoms with van der Waals surface area (Å²) in [5.41, 5.74) is 1.42. The highest BCUT2D eigenvalue weighted by Crippen LogP contribution is 2.29. The highest BCUT2D eigenvalue weighted by atomic mass is 79.9. The molecule has 0 N–H and O–H groups in total. The molecule has 0 saturated carbocycles. The van der Waals surface area contributed by atoms with E-state index < -0.39 is 0 Å². The van der Waals surface area contributed by atoms with Gasteiger partial charge in [-0.2, -0.15) is 5.26 Å². The Labute approximate surface area is 119 Å². The maximum atomic E-state index is 13.6. The summed E-state index contributed by atoms with van der Waals surface area (Å²) in [5, 5.41) is 8.99. The zero-order valence-electron chi connectivity index (χ0n) is 10.1. The molecule has 4 heteroatoms. The van der Waals surface area contributed by atoms with Crippen LogP contribution in [-0.4, -0.2) is 0 Å². The second-order valence-electron chi connectivity index (χ2n) is 3.93. The summed E-state index contributed by atoms with van der Waals surface area (Å²) in [4.78, 5) is 0. The van der Waals surface area contributed by atoms with Crippen LogP contribution in [0.2, 0.25) is 0 Å². The van der Waals surface area contributed by atoms with E-state index in [2.05, 4.69) is 22.0 Å². The van der Waals surface area contributed by atoms with Gasteiger partial charge in [0.15, 0.2) is 0 Å². The molecule has 0 aliphatic rings. The minimum absolute atomic E-state index is 0.296. The highest BCUT2D eigenvalue weighted by molar-refractivity contribution is 9.08. The summed E-state index contributed by atoms with van der Waals surface area (Å²) in [6.07, 6.45) is 0.368. The zero-order chi connectivity index (χ0) is 13.7. The molecule has 0 saturated heterocycles. The number of nitriles is 1. The Bertz CT molecular complexity index is 605. The molecule has 0 aromatic heterocycles. The fourth-order valence-electron chi connectivity index (χ4n) is 1.66. The summed E-state index contributed by atoms with van der Waals surface area (Å²) >= 11 is 3.25. The number of benzene rings is 2. The molecular weight excluding hydrogens is 309 g/mol. The van der Waals surface area contributed by atoms with Gasteiger partial charge in [-0.05, 0) is 29.8 Å². The van der Waals surface area contributed by atoms with Gasteiger partial charge in [0.1, 0.15) is 17.3 Å². The minimum Gasteiger partial charge on any atom is -0.457 e. The summed E-state index contributed by atoms with van der Waals surface area (Å²) < 4.78 is 19.2. The maximum absolute atomic E-state index is 13.6. The number of hydrogen-bond acceptors (Lipinski definition) is 2. The van der Waals surface area contributed by atoms with Crippen LogP contribution in [0.5, 0.6) is 11.5 Å². The van der Waals surface area contributed by atoms with Gasteiger partial charge >= 0.3 is 0 Å². The van der Waals surface area contributed by atoms with Crippen LogP contribution >= 0.6 is 15.9 Å². The Morgan fingerprint density at radius 3 is 2.53 bits per heavy atom. The first-order valence-electron chi connectivity index (χ1n) is 5.71. The van der Waals surface area contributed by atoms with Crippen LogP contribution in [0.1, 0.15) is 11.1 Å². The molecule has 0 bridgehead atoms. The van der Waals surface area contributed by atoms with Crippen LogP contribution < -0.4 is 4.74 Å². The summed E-state index contributed by atoms with van der Waals surface area (Å²) in [5.74, 6) is 0.815. The number of halogens is 2. The lowest BCUT2D eigenvalue weighted by Crippen LogP contribution is -1.93. The van der Waals surface area contributed by atoms with E-state index in [0.717, 1.165) is 5.56 Å². The van der Waals surface area contributed by atoms with Gasteiger partial charge < -0.3 is 4.74 Å². The molecule has 0 amide bonds. The molecular formula is C15H11BrFNO. The lowest BCUT2D eigenvalue weighted by Gasteiger charge is -2.10. The van der Waals surface area contributed by atoms with Gasteiger partial charge in [-0.1, -0.05) is 34.1 Å². The van der Waals surface area contributed by atoms with Gasteiger partial charge in [0.2, 0.25) is 0 Å². The van der Waals surface area contributed by atoms with Crippen molar-refractivity contribution in [2.24, 2.45) is 0 Å². The molecule has 0 unspecified atom stereocenters. The van der Waals surface area contributed by atoms with Gasteiger partial charge in [-0.15, -0.1) is 0 Å². The largest absolute Gasteiger partial charge is 0.457 e. The first kappa shape index (κ1) is 13.6. The van der Waals surface area contributed by atoms with Crippen molar-refractivity contribution in [3.05, 3.63) is 59.4 Å². The molecule has 2 aromatic rings. The normalized spacial score (nSPS) is 9.95. The minimum atomic E-state index is -0.296. The van der Waals surface area contributed by atoms with Gasteiger partial charge in [-0.3, -0.25) is 0 Å².